The van der Waals surface area contributed by atoms with Crippen molar-refractivity contribution in [1.29, 1.82) is 0 Å². The summed E-state index contributed by atoms with van der Waals surface area (Å²) >= 11 is 0. The molecule has 0 aromatic carbocycles. The van der Waals surface area contributed by atoms with Gasteiger partial charge in [0.1, 0.15) is 18.3 Å². The first kappa shape index (κ1) is 14.4. The van der Waals surface area contributed by atoms with Gasteiger partial charge in [-0.15, -0.1) is 0 Å². The molecule has 0 amide bonds. The van der Waals surface area contributed by atoms with Crippen LogP contribution >= 0.6 is 0 Å². The minimum atomic E-state index is -1.26. The summed E-state index contributed by atoms with van der Waals surface area (Å²) in [6.07, 6.45) is 3.98. The van der Waals surface area contributed by atoms with Crippen LogP contribution in [0.3, 0.4) is 0 Å². The first-order valence-corrected chi connectivity index (χ1v) is 5.25. The van der Waals surface area contributed by atoms with E-state index in [1.54, 1.807) is 0 Å². The van der Waals surface area contributed by atoms with Gasteiger partial charge in [-0.2, -0.15) is 0 Å². The van der Waals surface area contributed by atoms with E-state index < -0.39 is 30.5 Å². The molecular weight excluding hydrogens is 256 g/mol. The van der Waals surface area contributed by atoms with Crippen LogP contribution in [0.25, 0.3) is 0 Å². The fourth-order valence-corrected chi connectivity index (χ4v) is 1.43. The van der Waals surface area contributed by atoms with Crippen molar-refractivity contribution >= 4 is 24.1 Å². The van der Waals surface area contributed by atoms with E-state index >= 15 is 0 Å². The molecule has 0 bridgehead atoms. The first-order valence-electron chi connectivity index (χ1n) is 5.25. The zero-order valence-electron chi connectivity index (χ0n) is 9.74. The van der Waals surface area contributed by atoms with Gasteiger partial charge in [-0.25, -0.2) is 9.59 Å². The molecule has 0 aromatic heterocycles. The van der Waals surface area contributed by atoms with Gasteiger partial charge in [0.05, 0.1) is 0 Å². The summed E-state index contributed by atoms with van der Waals surface area (Å²) in [7, 11) is 0. The lowest BCUT2D eigenvalue weighted by molar-refractivity contribution is -0.139. The number of rotatable bonds is 5. The summed E-state index contributed by atoms with van der Waals surface area (Å²) in [5.74, 6) is -3.52. The van der Waals surface area contributed by atoms with Crippen LogP contribution in [-0.4, -0.2) is 52.0 Å². The molecule has 102 valence electrons. The van der Waals surface area contributed by atoms with Gasteiger partial charge in [-0.1, -0.05) is 0 Å². The Morgan fingerprint density at radius 1 is 1.37 bits per heavy atom. The number of aliphatic imine (C=N–C) groups is 1. The number of carboxylic acids is 3. The second-order valence-corrected chi connectivity index (χ2v) is 3.73. The van der Waals surface area contributed by atoms with Gasteiger partial charge >= 0.3 is 17.9 Å². The molecule has 1 atom stereocenters. The van der Waals surface area contributed by atoms with Crippen LogP contribution in [0.15, 0.2) is 28.4 Å². The molecule has 1 aliphatic rings. The third kappa shape index (κ3) is 4.62. The van der Waals surface area contributed by atoms with E-state index in [1.165, 1.54) is 18.4 Å². The molecule has 0 saturated heterocycles. The Morgan fingerprint density at radius 3 is 2.58 bits per heavy atom. The van der Waals surface area contributed by atoms with Crippen molar-refractivity contribution in [2.24, 2.45) is 4.99 Å². The smallest absolute Gasteiger partial charge is 0.351 e. The third-order valence-electron chi connectivity index (χ3n) is 2.25. The lowest BCUT2D eigenvalue weighted by Gasteiger charge is -2.21. The molecule has 8 nitrogen and oxygen atoms in total. The monoisotopic (exact) mass is 268 g/mol. The summed E-state index contributed by atoms with van der Waals surface area (Å²) in [5.41, 5.74) is 0.217. The van der Waals surface area contributed by atoms with E-state index in [0.29, 0.717) is 5.57 Å². The van der Waals surface area contributed by atoms with Gasteiger partial charge in [-0.3, -0.25) is 9.79 Å². The molecule has 8 heteroatoms. The van der Waals surface area contributed by atoms with Crippen molar-refractivity contribution in [2.75, 3.05) is 6.54 Å². The Morgan fingerprint density at radius 2 is 2.05 bits per heavy atom. The Kier molecular flexibility index (Phi) is 4.81. The molecule has 0 aliphatic carbocycles. The van der Waals surface area contributed by atoms with Gasteiger partial charge in [0, 0.05) is 12.6 Å². The second-order valence-electron chi connectivity index (χ2n) is 3.73. The summed E-state index contributed by atoms with van der Waals surface area (Å²) < 4.78 is 0. The highest BCUT2D eigenvalue weighted by molar-refractivity contribution is 5.89. The summed E-state index contributed by atoms with van der Waals surface area (Å²) in [6.45, 7) is -0.403. The van der Waals surface area contributed by atoms with Gasteiger partial charge < -0.3 is 20.6 Å². The molecule has 0 fully saturated rings. The predicted octanol–water partition coefficient (Wildman–Crippen LogP) is -0.517. The van der Waals surface area contributed by atoms with E-state index in [0.717, 1.165) is 0 Å². The van der Waals surface area contributed by atoms with Crippen molar-refractivity contribution in [3.63, 3.8) is 0 Å². The number of allylic oxidation sites excluding steroid dienone is 2. The highest BCUT2D eigenvalue weighted by atomic mass is 16.4. The molecule has 1 rings (SSSR count). The Labute approximate surface area is 107 Å². The highest BCUT2D eigenvalue weighted by Crippen LogP contribution is 2.16. The molecule has 1 unspecified atom stereocenters. The first-order chi connectivity index (χ1) is 8.90. The average Bonchev–Trinajstić information content (AvgIpc) is 2.34. The zero-order chi connectivity index (χ0) is 14.4. The lowest BCUT2D eigenvalue weighted by Crippen LogP contribution is -2.41. The SMILES string of the molecule is O=C(O)CN=C/C=C1/C=C(C(=O)O)NC(C(=O)O)C1. The molecule has 1 heterocycles. The zero-order valence-corrected chi connectivity index (χ0v) is 9.74. The van der Waals surface area contributed by atoms with Crippen molar-refractivity contribution < 1.29 is 29.7 Å². The maximum atomic E-state index is 10.9. The highest BCUT2D eigenvalue weighted by Gasteiger charge is 2.26. The largest absolute Gasteiger partial charge is 0.480 e. The van der Waals surface area contributed by atoms with E-state index in [2.05, 4.69) is 10.3 Å². The Hall–Kier alpha value is -2.64. The normalized spacial score (nSPS) is 20.9. The summed E-state index contributed by atoms with van der Waals surface area (Å²) in [4.78, 5) is 35.5. The van der Waals surface area contributed by atoms with Crippen molar-refractivity contribution in [3.8, 4) is 0 Å². The van der Waals surface area contributed by atoms with Crippen molar-refractivity contribution in [1.82, 2.24) is 5.32 Å². The minimum absolute atomic E-state index is 0.0885. The maximum absolute atomic E-state index is 10.9. The third-order valence-corrected chi connectivity index (χ3v) is 2.25. The quantitative estimate of drug-likeness (QED) is 0.492. The minimum Gasteiger partial charge on any atom is -0.480 e. The topological polar surface area (TPSA) is 136 Å². The molecule has 0 saturated carbocycles. The number of hydrogen-bond acceptors (Lipinski definition) is 5. The number of hydrogen-bond donors (Lipinski definition) is 4. The van der Waals surface area contributed by atoms with Crippen LogP contribution in [0.4, 0.5) is 0 Å². The standard InChI is InChI=1S/C11H12N2O6/c14-9(15)5-12-2-1-6-3-7(10(16)17)13-8(4-6)11(18)19/h1-3,8,13H,4-5H2,(H,14,15)(H,16,17)(H,18,19)/b6-1-,12-2?. The summed E-state index contributed by atoms with van der Waals surface area (Å²) in [5, 5.41) is 28.5. The van der Waals surface area contributed by atoms with Crippen LogP contribution < -0.4 is 5.32 Å². The second kappa shape index (κ2) is 6.34. The van der Waals surface area contributed by atoms with E-state index in [1.807, 2.05) is 0 Å². The number of nitrogens with one attached hydrogen (secondary N) is 1. The van der Waals surface area contributed by atoms with Crippen LogP contribution in [0.1, 0.15) is 6.42 Å². The Bertz CT molecular complexity index is 491. The molecule has 1 aliphatic heterocycles. The van der Waals surface area contributed by atoms with Gasteiger partial charge in [0.15, 0.2) is 0 Å². The molecule has 0 radical (unpaired) electrons. The Balaban J connectivity index is 2.86. The van der Waals surface area contributed by atoms with Crippen LogP contribution in [-0.2, 0) is 14.4 Å². The summed E-state index contributed by atoms with van der Waals surface area (Å²) in [6, 6.07) is -1.03. The van der Waals surface area contributed by atoms with E-state index in [4.69, 9.17) is 15.3 Å². The van der Waals surface area contributed by atoms with Crippen molar-refractivity contribution in [2.45, 2.75) is 12.5 Å². The fourth-order valence-electron chi connectivity index (χ4n) is 1.43. The predicted molar refractivity (Wildman–Crippen MR) is 64.0 cm³/mol. The van der Waals surface area contributed by atoms with Crippen LogP contribution in [0.5, 0.6) is 0 Å². The van der Waals surface area contributed by atoms with E-state index in [-0.39, 0.29) is 12.1 Å². The number of carbonyl (C=O) groups is 3. The number of carboxylic acid groups (broad SMARTS) is 3. The van der Waals surface area contributed by atoms with Crippen LogP contribution in [0.2, 0.25) is 0 Å². The van der Waals surface area contributed by atoms with Gasteiger partial charge in [0.25, 0.3) is 0 Å². The van der Waals surface area contributed by atoms with Gasteiger partial charge in [0.2, 0.25) is 0 Å². The number of aliphatic carboxylic acids is 3. The lowest BCUT2D eigenvalue weighted by atomic mass is 10.00. The van der Waals surface area contributed by atoms with Gasteiger partial charge in [-0.05, 0) is 17.7 Å². The fraction of sp³-hybridized carbons (Fsp3) is 0.273. The molecule has 0 aromatic rings. The van der Waals surface area contributed by atoms with Crippen LogP contribution in [0, 0.1) is 0 Å². The average molecular weight is 268 g/mol. The molecular formula is C11H12N2O6. The maximum Gasteiger partial charge on any atom is 0.351 e. The molecule has 4 N–H and O–H groups in total. The molecule has 0 spiro atoms. The van der Waals surface area contributed by atoms with Crippen molar-refractivity contribution in [3.05, 3.63) is 23.4 Å². The van der Waals surface area contributed by atoms with E-state index in [9.17, 15) is 14.4 Å². The number of nitrogens with zero attached hydrogens (tertiary/aromatic N) is 1. The molecule has 19 heavy (non-hydrogen) atoms.